The number of hydrogen-bond acceptors (Lipinski definition) is 7. The minimum atomic E-state index is -0.327. The first-order valence-electron chi connectivity index (χ1n) is 12.2. The molecule has 0 radical (unpaired) electrons. The fraction of sp³-hybridized carbons (Fsp3) is 0.333. The van der Waals surface area contributed by atoms with Gasteiger partial charge in [0, 0.05) is 36.3 Å². The highest BCUT2D eigenvalue weighted by molar-refractivity contribution is 5.94. The van der Waals surface area contributed by atoms with E-state index in [-0.39, 0.29) is 17.9 Å². The SMILES string of the molecule is Cc1cnn(-c2ccc(CN(C(=O)C3CCC(O)CC3)c3cc(-c4cnc(C)cn4)ccn3)cn2)c1. The van der Waals surface area contributed by atoms with Crippen LogP contribution in [0, 0.1) is 19.8 Å². The maximum Gasteiger partial charge on any atom is 0.231 e. The van der Waals surface area contributed by atoms with E-state index >= 15 is 0 Å². The molecular weight excluding hydrogens is 454 g/mol. The number of amides is 1. The number of nitrogens with zero attached hydrogens (tertiary/aromatic N) is 7. The summed E-state index contributed by atoms with van der Waals surface area (Å²) in [5.41, 5.74) is 4.34. The van der Waals surface area contributed by atoms with Gasteiger partial charge in [0.1, 0.15) is 5.82 Å². The molecule has 1 N–H and O–H groups in total. The third-order valence-electron chi connectivity index (χ3n) is 6.51. The maximum absolute atomic E-state index is 13.7. The normalized spacial score (nSPS) is 17.6. The number of aliphatic hydroxyl groups excluding tert-OH is 1. The fourth-order valence-electron chi connectivity index (χ4n) is 4.45. The Bertz CT molecular complexity index is 1330. The molecule has 5 rings (SSSR count). The van der Waals surface area contributed by atoms with Gasteiger partial charge in [-0.1, -0.05) is 6.07 Å². The van der Waals surface area contributed by atoms with Crippen LogP contribution >= 0.6 is 0 Å². The molecule has 4 aromatic heterocycles. The Morgan fingerprint density at radius 3 is 2.50 bits per heavy atom. The van der Waals surface area contributed by atoms with Crippen molar-refractivity contribution >= 4 is 11.7 Å². The molecular formula is C27H29N7O2. The largest absolute Gasteiger partial charge is 0.393 e. The number of anilines is 1. The summed E-state index contributed by atoms with van der Waals surface area (Å²) in [6.07, 6.45) is 12.9. The van der Waals surface area contributed by atoms with E-state index in [0.717, 1.165) is 28.1 Å². The van der Waals surface area contributed by atoms with E-state index < -0.39 is 0 Å². The number of pyridine rings is 2. The van der Waals surface area contributed by atoms with Crippen LogP contribution in [0.25, 0.3) is 17.1 Å². The minimum absolute atomic E-state index is 0.00770. The van der Waals surface area contributed by atoms with Gasteiger partial charge < -0.3 is 5.11 Å². The Hall–Kier alpha value is -3.98. The van der Waals surface area contributed by atoms with Crippen molar-refractivity contribution in [2.24, 2.45) is 5.92 Å². The van der Waals surface area contributed by atoms with Crippen LogP contribution in [0.2, 0.25) is 0 Å². The summed E-state index contributed by atoms with van der Waals surface area (Å²) < 4.78 is 1.73. The second-order valence-corrected chi connectivity index (χ2v) is 9.36. The van der Waals surface area contributed by atoms with Gasteiger partial charge in [-0.2, -0.15) is 5.10 Å². The Labute approximate surface area is 209 Å². The molecule has 9 nitrogen and oxygen atoms in total. The van der Waals surface area contributed by atoms with E-state index in [1.807, 2.05) is 44.3 Å². The molecule has 0 atom stereocenters. The molecule has 0 aliphatic heterocycles. The third kappa shape index (κ3) is 5.31. The van der Waals surface area contributed by atoms with Gasteiger partial charge in [-0.25, -0.2) is 14.6 Å². The number of aromatic nitrogens is 6. The first kappa shape index (κ1) is 23.7. The second kappa shape index (κ2) is 10.3. The molecule has 0 unspecified atom stereocenters. The first-order chi connectivity index (χ1) is 17.5. The van der Waals surface area contributed by atoms with Gasteiger partial charge in [-0.15, -0.1) is 0 Å². The molecule has 1 amide bonds. The van der Waals surface area contributed by atoms with Crippen LogP contribution in [-0.4, -0.2) is 46.8 Å². The van der Waals surface area contributed by atoms with E-state index in [2.05, 4.69) is 25.0 Å². The van der Waals surface area contributed by atoms with Crippen molar-refractivity contribution in [3.63, 3.8) is 0 Å². The summed E-state index contributed by atoms with van der Waals surface area (Å²) in [7, 11) is 0. The van der Waals surface area contributed by atoms with Crippen LogP contribution in [0.3, 0.4) is 0 Å². The highest BCUT2D eigenvalue weighted by Crippen LogP contribution is 2.30. The molecule has 0 aromatic carbocycles. The molecule has 0 spiro atoms. The van der Waals surface area contributed by atoms with Crippen LogP contribution < -0.4 is 4.90 Å². The monoisotopic (exact) mass is 483 g/mol. The van der Waals surface area contributed by atoms with Crippen LogP contribution in [0.4, 0.5) is 5.82 Å². The fourth-order valence-corrected chi connectivity index (χ4v) is 4.45. The van der Waals surface area contributed by atoms with Gasteiger partial charge in [-0.05, 0) is 68.9 Å². The maximum atomic E-state index is 13.7. The standard InChI is InChI=1S/C27H29N7O2/c1-18-12-32-34(16-18)25-8-3-20(14-31-25)17-33(27(36)21-4-6-23(35)7-5-21)26-11-22(9-10-28-26)24-15-29-19(2)13-30-24/h3,8-16,21,23,35H,4-7,17H2,1-2H3. The summed E-state index contributed by atoms with van der Waals surface area (Å²) >= 11 is 0. The zero-order valence-corrected chi connectivity index (χ0v) is 20.4. The second-order valence-electron chi connectivity index (χ2n) is 9.36. The van der Waals surface area contributed by atoms with E-state index in [1.165, 1.54) is 0 Å². The lowest BCUT2D eigenvalue weighted by molar-refractivity contribution is -0.124. The van der Waals surface area contributed by atoms with Gasteiger partial charge in [0.05, 0.1) is 36.4 Å². The van der Waals surface area contributed by atoms with Crippen molar-refractivity contribution in [2.75, 3.05) is 4.90 Å². The lowest BCUT2D eigenvalue weighted by atomic mass is 9.86. The van der Waals surface area contributed by atoms with Gasteiger partial charge in [0.15, 0.2) is 5.82 Å². The van der Waals surface area contributed by atoms with E-state index in [0.29, 0.717) is 43.9 Å². The van der Waals surface area contributed by atoms with E-state index in [9.17, 15) is 9.90 Å². The summed E-state index contributed by atoms with van der Waals surface area (Å²) in [5, 5.41) is 14.2. The zero-order chi connectivity index (χ0) is 25.1. The summed E-state index contributed by atoms with van der Waals surface area (Å²) in [4.78, 5) is 33.4. The average molecular weight is 484 g/mol. The molecule has 0 saturated heterocycles. The van der Waals surface area contributed by atoms with Crippen molar-refractivity contribution in [3.05, 3.63) is 78.3 Å². The quantitative estimate of drug-likeness (QED) is 0.444. The highest BCUT2D eigenvalue weighted by atomic mass is 16.3. The molecule has 4 aromatic rings. The molecule has 1 aliphatic rings. The topological polar surface area (TPSA) is 110 Å². The number of rotatable bonds is 6. The number of aryl methyl sites for hydroxylation is 2. The molecule has 1 saturated carbocycles. The van der Waals surface area contributed by atoms with Crippen LogP contribution in [-0.2, 0) is 11.3 Å². The zero-order valence-electron chi connectivity index (χ0n) is 20.4. The Morgan fingerprint density at radius 2 is 1.83 bits per heavy atom. The highest BCUT2D eigenvalue weighted by Gasteiger charge is 2.30. The molecule has 9 heteroatoms. The Morgan fingerprint density at radius 1 is 1.00 bits per heavy atom. The predicted octanol–water partition coefficient (Wildman–Crippen LogP) is 3.82. The van der Waals surface area contributed by atoms with Crippen LogP contribution in [0.5, 0.6) is 0 Å². The van der Waals surface area contributed by atoms with E-state index in [4.69, 9.17) is 0 Å². The lowest BCUT2D eigenvalue weighted by Crippen LogP contribution is -2.38. The molecule has 1 fully saturated rings. The van der Waals surface area contributed by atoms with Gasteiger partial charge in [0.25, 0.3) is 0 Å². The Balaban J connectivity index is 1.44. The average Bonchev–Trinajstić information content (AvgIpc) is 3.34. The molecule has 36 heavy (non-hydrogen) atoms. The molecule has 184 valence electrons. The number of carbonyl (C=O) groups is 1. The summed E-state index contributed by atoms with van der Waals surface area (Å²) in [6, 6.07) is 7.60. The van der Waals surface area contributed by atoms with Crippen molar-refractivity contribution in [1.29, 1.82) is 0 Å². The smallest absolute Gasteiger partial charge is 0.231 e. The first-order valence-corrected chi connectivity index (χ1v) is 12.2. The van der Waals surface area contributed by atoms with Gasteiger partial charge in [-0.3, -0.25) is 19.7 Å². The summed E-state index contributed by atoms with van der Waals surface area (Å²) in [6.45, 7) is 4.21. The molecule has 0 bridgehead atoms. The van der Waals surface area contributed by atoms with Crippen LogP contribution in [0.1, 0.15) is 42.5 Å². The van der Waals surface area contributed by atoms with Crippen molar-refractivity contribution in [1.82, 2.24) is 29.7 Å². The van der Waals surface area contributed by atoms with Gasteiger partial charge in [0.2, 0.25) is 5.91 Å². The van der Waals surface area contributed by atoms with Crippen molar-refractivity contribution < 1.29 is 9.90 Å². The third-order valence-corrected chi connectivity index (χ3v) is 6.51. The van der Waals surface area contributed by atoms with Crippen molar-refractivity contribution in [2.45, 2.75) is 52.2 Å². The Kier molecular flexibility index (Phi) is 6.81. The lowest BCUT2D eigenvalue weighted by Gasteiger charge is -2.30. The number of hydrogen-bond donors (Lipinski definition) is 1. The van der Waals surface area contributed by atoms with Crippen LogP contribution in [0.15, 0.2) is 61.4 Å². The number of aliphatic hydroxyl groups is 1. The molecule has 4 heterocycles. The summed E-state index contributed by atoms with van der Waals surface area (Å²) in [5.74, 6) is 1.12. The number of carbonyl (C=O) groups excluding carboxylic acids is 1. The van der Waals surface area contributed by atoms with E-state index in [1.54, 1.807) is 40.6 Å². The molecule has 1 aliphatic carbocycles. The predicted molar refractivity (Wildman–Crippen MR) is 135 cm³/mol. The van der Waals surface area contributed by atoms with Crippen molar-refractivity contribution in [3.8, 4) is 17.1 Å². The minimum Gasteiger partial charge on any atom is -0.393 e. The van der Waals surface area contributed by atoms with Gasteiger partial charge >= 0.3 is 0 Å².